The average molecular weight is 478 g/mol. The molecule has 0 aromatic heterocycles. The fourth-order valence-electron chi connectivity index (χ4n) is 7.91. The van der Waals surface area contributed by atoms with E-state index in [4.69, 9.17) is 0 Å². The quantitative estimate of drug-likeness (QED) is 0.494. The third kappa shape index (κ3) is 5.22. The molecular formula is C29H45F2NO2. The monoisotopic (exact) mass is 477 g/mol. The van der Waals surface area contributed by atoms with Crippen molar-refractivity contribution < 1.29 is 19.0 Å². The summed E-state index contributed by atoms with van der Waals surface area (Å²) in [7, 11) is 0. The molecule has 3 aliphatic carbocycles. The topological polar surface area (TPSA) is 43.7 Å². The molecule has 3 nitrogen and oxygen atoms in total. The van der Waals surface area contributed by atoms with Crippen LogP contribution in [0.15, 0.2) is 35.5 Å². The van der Waals surface area contributed by atoms with Crippen molar-refractivity contribution in [3.05, 3.63) is 35.5 Å². The Labute approximate surface area is 205 Å². The van der Waals surface area contributed by atoms with Crippen LogP contribution in [0.5, 0.6) is 0 Å². The van der Waals surface area contributed by atoms with Gasteiger partial charge >= 0.3 is 0 Å². The van der Waals surface area contributed by atoms with E-state index in [9.17, 15) is 19.0 Å². The lowest BCUT2D eigenvalue weighted by molar-refractivity contribution is 0.0283. The number of fused-ring (bicyclic) bond motifs is 1. The maximum atomic E-state index is 12.8. The van der Waals surface area contributed by atoms with Crippen molar-refractivity contribution in [2.45, 2.75) is 90.8 Å². The highest BCUT2D eigenvalue weighted by Crippen LogP contribution is 2.59. The van der Waals surface area contributed by atoms with E-state index >= 15 is 0 Å². The van der Waals surface area contributed by atoms with E-state index in [0.29, 0.717) is 29.6 Å². The predicted octanol–water partition coefficient (Wildman–Crippen LogP) is 5.99. The van der Waals surface area contributed by atoms with Gasteiger partial charge in [-0.3, -0.25) is 0 Å². The Kier molecular flexibility index (Phi) is 8.06. The molecule has 2 N–H and O–H groups in total. The van der Waals surface area contributed by atoms with E-state index in [-0.39, 0.29) is 18.3 Å². The molecule has 1 heterocycles. The van der Waals surface area contributed by atoms with Gasteiger partial charge in [0.1, 0.15) is 0 Å². The average Bonchev–Trinajstić information content (AvgIpc) is 3.36. The van der Waals surface area contributed by atoms with E-state index < -0.39 is 18.6 Å². The lowest BCUT2D eigenvalue weighted by Gasteiger charge is -2.45. The third-order valence-electron chi connectivity index (χ3n) is 9.95. The first-order valence-corrected chi connectivity index (χ1v) is 13.6. The number of alkyl halides is 2. The summed E-state index contributed by atoms with van der Waals surface area (Å²) < 4.78 is 25.6. The van der Waals surface area contributed by atoms with E-state index in [1.54, 1.807) is 0 Å². The Balaban J connectivity index is 1.42. The Hall–Kier alpha value is -1.04. The third-order valence-corrected chi connectivity index (χ3v) is 9.95. The number of hydrogen-bond acceptors (Lipinski definition) is 3. The number of rotatable bonds is 6. The van der Waals surface area contributed by atoms with Crippen molar-refractivity contribution in [1.29, 1.82) is 0 Å². The van der Waals surface area contributed by atoms with Crippen molar-refractivity contribution in [2.24, 2.45) is 35.0 Å². The van der Waals surface area contributed by atoms with Gasteiger partial charge in [-0.2, -0.15) is 0 Å². The zero-order valence-corrected chi connectivity index (χ0v) is 21.4. The lowest BCUT2D eigenvalue weighted by Crippen LogP contribution is -2.39. The minimum Gasteiger partial charge on any atom is -0.392 e. The minimum atomic E-state index is -2.18. The first kappa shape index (κ1) is 26.0. The highest BCUT2D eigenvalue weighted by Gasteiger charge is 2.51. The van der Waals surface area contributed by atoms with Gasteiger partial charge in [-0.25, -0.2) is 8.78 Å². The molecule has 0 spiro atoms. The molecule has 0 aromatic carbocycles. The number of aliphatic hydroxyl groups excluding tert-OH is 2. The molecular weight excluding hydrogens is 432 g/mol. The molecule has 0 aromatic rings. The molecule has 0 unspecified atom stereocenters. The summed E-state index contributed by atoms with van der Waals surface area (Å²) in [6.45, 7) is 13.7. The summed E-state index contributed by atoms with van der Waals surface area (Å²) in [5.74, 6) is 1.81. The number of nitrogens with zero attached hydrogens (tertiary/aromatic N) is 1. The highest BCUT2D eigenvalue weighted by molar-refractivity contribution is 5.39. The van der Waals surface area contributed by atoms with E-state index in [2.05, 4.69) is 37.5 Å². The van der Waals surface area contributed by atoms with Gasteiger partial charge < -0.3 is 15.1 Å². The largest absolute Gasteiger partial charge is 0.392 e. The van der Waals surface area contributed by atoms with Crippen LogP contribution in [0.25, 0.3) is 0 Å². The summed E-state index contributed by atoms with van der Waals surface area (Å²) in [5.41, 5.74) is 3.54. The van der Waals surface area contributed by atoms with Crippen LogP contribution in [0.2, 0.25) is 0 Å². The molecule has 4 rings (SSSR count). The predicted molar refractivity (Wildman–Crippen MR) is 134 cm³/mol. The van der Waals surface area contributed by atoms with Crippen LogP contribution in [0, 0.1) is 35.0 Å². The molecule has 1 aliphatic heterocycles. The zero-order valence-electron chi connectivity index (χ0n) is 21.4. The second kappa shape index (κ2) is 10.5. The SMILES string of the molecule is C=C1/C(=C\C=C2/CCC[C@]3(C)[C@@H]([C@H](C)CN4CC[C@H](CC(F)F)C4)CC[C@@H]23)C[C@@H](O)[C@H](C)[C@@H]1O. The summed E-state index contributed by atoms with van der Waals surface area (Å²) >= 11 is 0. The standard InChI is InChI=1S/C29H45F2NO2/c1-18(16-32-13-11-21(17-32)14-27(30)31)24-9-10-25-22(6-5-12-29(24,25)4)7-8-23-15-26(33)20(3)28(34)19(23)2/h7-8,18,20-21,24-28,33-34H,2,5-6,9-17H2,1,3-4H3/b22-7+,23-8-/t18-,20+,21-,24-,25+,26-,28-,29-/m1/s1. The molecule has 3 saturated carbocycles. The second-order valence-corrected chi connectivity index (χ2v) is 12.1. The molecule has 34 heavy (non-hydrogen) atoms. The summed E-state index contributed by atoms with van der Waals surface area (Å²) in [5, 5.41) is 20.8. The van der Waals surface area contributed by atoms with Crippen molar-refractivity contribution >= 4 is 0 Å². The van der Waals surface area contributed by atoms with Gasteiger partial charge in [0.05, 0.1) is 12.2 Å². The first-order chi connectivity index (χ1) is 16.1. The number of aliphatic hydroxyl groups is 2. The second-order valence-electron chi connectivity index (χ2n) is 12.1. The van der Waals surface area contributed by atoms with Crippen LogP contribution in [-0.4, -0.2) is 53.4 Å². The summed E-state index contributed by atoms with van der Waals surface area (Å²) in [6.07, 6.45) is 8.59. The Morgan fingerprint density at radius 2 is 1.97 bits per heavy atom. The molecule has 0 bridgehead atoms. The van der Waals surface area contributed by atoms with Gasteiger partial charge in [-0.15, -0.1) is 0 Å². The molecule has 8 atom stereocenters. The molecule has 0 amide bonds. The smallest absolute Gasteiger partial charge is 0.238 e. The van der Waals surface area contributed by atoms with E-state index in [1.165, 1.54) is 31.3 Å². The zero-order chi connectivity index (χ0) is 24.6. The number of allylic oxidation sites excluding steroid dienone is 3. The summed E-state index contributed by atoms with van der Waals surface area (Å²) in [4.78, 5) is 2.44. The van der Waals surface area contributed by atoms with Crippen LogP contribution in [0.3, 0.4) is 0 Å². The normalized spacial score (nSPS) is 42.6. The van der Waals surface area contributed by atoms with Crippen LogP contribution >= 0.6 is 0 Å². The van der Waals surface area contributed by atoms with Gasteiger partial charge in [0.25, 0.3) is 0 Å². The van der Waals surface area contributed by atoms with E-state index in [0.717, 1.165) is 43.6 Å². The first-order valence-electron chi connectivity index (χ1n) is 13.6. The summed E-state index contributed by atoms with van der Waals surface area (Å²) in [6, 6.07) is 0. The fourth-order valence-corrected chi connectivity index (χ4v) is 7.91. The van der Waals surface area contributed by atoms with Crippen molar-refractivity contribution in [3.8, 4) is 0 Å². The molecule has 4 aliphatic rings. The lowest BCUT2D eigenvalue weighted by atomic mass is 9.61. The molecule has 192 valence electrons. The maximum absolute atomic E-state index is 12.8. The van der Waals surface area contributed by atoms with Crippen molar-refractivity contribution in [2.75, 3.05) is 19.6 Å². The Morgan fingerprint density at radius 1 is 1.21 bits per heavy atom. The van der Waals surface area contributed by atoms with E-state index in [1.807, 2.05) is 6.92 Å². The Morgan fingerprint density at radius 3 is 2.71 bits per heavy atom. The molecule has 4 fully saturated rings. The van der Waals surface area contributed by atoms with Crippen LogP contribution < -0.4 is 0 Å². The molecule has 1 saturated heterocycles. The van der Waals surface area contributed by atoms with Gasteiger partial charge in [0.2, 0.25) is 6.43 Å². The Bertz CT molecular complexity index is 808. The number of likely N-dealkylation sites (tertiary alicyclic amines) is 1. The maximum Gasteiger partial charge on any atom is 0.238 e. The molecule has 0 radical (unpaired) electrons. The van der Waals surface area contributed by atoms with Gasteiger partial charge in [0.15, 0.2) is 0 Å². The number of hydrogen-bond donors (Lipinski definition) is 2. The minimum absolute atomic E-state index is 0.0527. The fraction of sp³-hybridized carbons (Fsp3) is 0.793. The number of halogens is 2. The molecule has 5 heteroatoms. The van der Waals surface area contributed by atoms with Gasteiger partial charge in [-0.05, 0) is 91.7 Å². The van der Waals surface area contributed by atoms with Gasteiger partial charge in [0, 0.05) is 25.4 Å². The van der Waals surface area contributed by atoms with Crippen LogP contribution in [0.4, 0.5) is 8.78 Å². The van der Waals surface area contributed by atoms with Gasteiger partial charge in [-0.1, -0.05) is 45.1 Å². The van der Waals surface area contributed by atoms with Crippen LogP contribution in [0.1, 0.15) is 72.1 Å². The van der Waals surface area contributed by atoms with Crippen molar-refractivity contribution in [3.63, 3.8) is 0 Å². The van der Waals surface area contributed by atoms with Crippen molar-refractivity contribution in [1.82, 2.24) is 4.90 Å². The highest BCUT2D eigenvalue weighted by atomic mass is 19.3. The van der Waals surface area contributed by atoms with Crippen LogP contribution in [-0.2, 0) is 0 Å².